The number of nitrogens with one attached hydrogen (secondary N) is 1. The van der Waals surface area contributed by atoms with Crippen LogP contribution in [-0.2, 0) is 21.1 Å². The number of rotatable bonds is 5. The average molecular weight is 402 g/mol. The fourth-order valence-electron chi connectivity index (χ4n) is 3.30. The van der Waals surface area contributed by atoms with Gasteiger partial charge in [-0.1, -0.05) is 49.7 Å². The SMILES string of the molecule is CCCc1ccc(-c2ccc(C(=O)N3CS(=O)(=O)C[C@H]3C(=O)NO)cc2)cc1. The van der Waals surface area contributed by atoms with E-state index in [0.29, 0.717) is 0 Å². The molecule has 0 bridgehead atoms. The summed E-state index contributed by atoms with van der Waals surface area (Å²) in [5.41, 5.74) is 4.91. The van der Waals surface area contributed by atoms with Crippen molar-refractivity contribution in [2.45, 2.75) is 25.8 Å². The lowest BCUT2D eigenvalue weighted by molar-refractivity contribution is -0.132. The highest BCUT2D eigenvalue weighted by Gasteiger charge is 2.42. The quantitative estimate of drug-likeness (QED) is 0.588. The highest BCUT2D eigenvalue weighted by molar-refractivity contribution is 7.91. The maximum Gasteiger partial charge on any atom is 0.267 e. The molecule has 0 unspecified atom stereocenters. The minimum absolute atomic E-state index is 0.277. The molecule has 1 aliphatic heterocycles. The van der Waals surface area contributed by atoms with Crippen molar-refractivity contribution in [3.8, 4) is 11.1 Å². The molecule has 1 aliphatic rings. The molecule has 7 nitrogen and oxygen atoms in total. The van der Waals surface area contributed by atoms with Crippen LogP contribution in [0, 0.1) is 0 Å². The zero-order chi connectivity index (χ0) is 20.3. The van der Waals surface area contributed by atoms with E-state index in [1.165, 1.54) is 11.0 Å². The molecule has 2 aromatic rings. The summed E-state index contributed by atoms with van der Waals surface area (Å²) in [5.74, 6) is -2.55. The Morgan fingerprint density at radius 2 is 1.64 bits per heavy atom. The molecule has 0 aromatic heterocycles. The average Bonchev–Trinajstić information content (AvgIpc) is 3.03. The summed E-state index contributed by atoms with van der Waals surface area (Å²) in [4.78, 5) is 25.4. The lowest BCUT2D eigenvalue weighted by atomic mass is 10.0. The van der Waals surface area contributed by atoms with Crippen LogP contribution < -0.4 is 5.48 Å². The minimum Gasteiger partial charge on any atom is -0.311 e. The van der Waals surface area contributed by atoms with Gasteiger partial charge >= 0.3 is 0 Å². The zero-order valence-corrected chi connectivity index (χ0v) is 16.3. The van der Waals surface area contributed by atoms with E-state index in [1.807, 2.05) is 12.1 Å². The number of benzene rings is 2. The van der Waals surface area contributed by atoms with E-state index in [9.17, 15) is 18.0 Å². The van der Waals surface area contributed by atoms with Crippen molar-refractivity contribution >= 4 is 21.7 Å². The number of nitrogens with zero attached hydrogens (tertiary/aromatic N) is 1. The van der Waals surface area contributed by atoms with E-state index < -0.39 is 39.3 Å². The molecule has 1 atom stereocenters. The van der Waals surface area contributed by atoms with Crippen LogP contribution in [0.4, 0.5) is 0 Å². The summed E-state index contributed by atoms with van der Waals surface area (Å²) < 4.78 is 23.7. The van der Waals surface area contributed by atoms with Crippen molar-refractivity contribution in [3.05, 3.63) is 59.7 Å². The van der Waals surface area contributed by atoms with Crippen LogP contribution in [0.1, 0.15) is 29.3 Å². The molecule has 3 rings (SSSR count). The predicted molar refractivity (Wildman–Crippen MR) is 104 cm³/mol. The van der Waals surface area contributed by atoms with Crippen molar-refractivity contribution in [1.82, 2.24) is 10.4 Å². The number of sulfone groups is 1. The van der Waals surface area contributed by atoms with Crippen molar-refractivity contribution in [2.75, 3.05) is 11.6 Å². The number of hydrogen-bond acceptors (Lipinski definition) is 5. The third kappa shape index (κ3) is 4.23. The van der Waals surface area contributed by atoms with Crippen molar-refractivity contribution < 1.29 is 23.2 Å². The van der Waals surface area contributed by atoms with Gasteiger partial charge in [-0.25, -0.2) is 13.9 Å². The molecule has 0 aliphatic carbocycles. The Morgan fingerprint density at radius 3 is 2.18 bits per heavy atom. The first-order chi connectivity index (χ1) is 13.3. The number of carbonyl (C=O) groups excluding carboxylic acids is 2. The molecule has 8 heteroatoms. The smallest absolute Gasteiger partial charge is 0.267 e. The van der Waals surface area contributed by atoms with Crippen LogP contribution in [0.25, 0.3) is 11.1 Å². The normalized spacial score (nSPS) is 18.1. The molecule has 1 heterocycles. The van der Waals surface area contributed by atoms with Gasteiger partial charge in [0.15, 0.2) is 9.84 Å². The number of hydrogen-bond donors (Lipinski definition) is 2. The van der Waals surface area contributed by atoms with Crippen molar-refractivity contribution in [3.63, 3.8) is 0 Å². The Balaban J connectivity index is 1.80. The molecule has 28 heavy (non-hydrogen) atoms. The van der Waals surface area contributed by atoms with Crippen LogP contribution in [0.15, 0.2) is 48.5 Å². The molecular formula is C20H22N2O5S. The molecular weight excluding hydrogens is 380 g/mol. The van der Waals surface area contributed by atoms with E-state index in [-0.39, 0.29) is 5.56 Å². The number of aryl methyl sites for hydroxylation is 1. The molecule has 2 aromatic carbocycles. The summed E-state index contributed by atoms with van der Waals surface area (Å²) in [6, 6.07) is 13.7. The van der Waals surface area contributed by atoms with Crippen molar-refractivity contribution in [2.24, 2.45) is 0 Å². The van der Waals surface area contributed by atoms with Gasteiger partial charge in [-0.05, 0) is 35.2 Å². The second kappa shape index (κ2) is 8.12. The second-order valence-electron chi connectivity index (χ2n) is 6.83. The lowest BCUT2D eigenvalue weighted by Gasteiger charge is -2.21. The Labute approximate surface area is 163 Å². The second-order valence-corrected chi connectivity index (χ2v) is 8.91. The fourth-order valence-corrected chi connectivity index (χ4v) is 4.94. The van der Waals surface area contributed by atoms with Crippen LogP contribution in [-0.4, -0.2) is 48.0 Å². The lowest BCUT2D eigenvalue weighted by Crippen LogP contribution is -2.46. The van der Waals surface area contributed by atoms with Gasteiger partial charge in [0.25, 0.3) is 11.8 Å². The molecule has 2 N–H and O–H groups in total. The molecule has 0 spiro atoms. The Morgan fingerprint density at radius 1 is 1.07 bits per heavy atom. The largest absolute Gasteiger partial charge is 0.311 e. The highest BCUT2D eigenvalue weighted by Crippen LogP contribution is 2.23. The van der Waals surface area contributed by atoms with Gasteiger partial charge in [0.05, 0.1) is 5.75 Å². The van der Waals surface area contributed by atoms with Gasteiger partial charge in [-0.2, -0.15) is 0 Å². The molecule has 1 saturated heterocycles. The summed E-state index contributed by atoms with van der Waals surface area (Å²) in [6.07, 6.45) is 2.10. The van der Waals surface area contributed by atoms with Gasteiger partial charge in [0.2, 0.25) is 0 Å². The van der Waals surface area contributed by atoms with E-state index in [2.05, 4.69) is 19.1 Å². The maximum atomic E-state index is 12.7. The maximum absolute atomic E-state index is 12.7. The first kappa shape index (κ1) is 20.0. The van der Waals surface area contributed by atoms with Crippen LogP contribution >= 0.6 is 0 Å². The van der Waals surface area contributed by atoms with Crippen LogP contribution in [0.3, 0.4) is 0 Å². The molecule has 1 fully saturated rings. The number of hydroxylamine groups is 1. The van der Waals surface area contributed by atoms with Crippen molar-refractivity contribution in [1.29, 1.82) is 0 Å². The Kier molecular flexibility index (Phi) is 5.81. The molecule has 0 saturated carbocycles. The summed E-state index contributed by atoms with van der Waals surface area (Å²) >= 11 is 0. The summed E-state index contributed by atoms with van der Waals surface area (Å²) in [6.45, 7) is 2.13. The van der Waals surface area contributed by atoms with Gasteiger partial charge < -0.3 is 4.90 Å². The first-order valence-electron chi connectivity index (χ1n) is 8.99. The van der Waals surface area contributed by atoms with E-state index in [0.717, 1.165) is 28.9 Å². The first-order valence-corrected chi connectivity index (χ1v) is 10.8. The standard InChI is InChI=1S/C20H22N2O5S/c1-2-3-14-4-6-15(7-5-14)16-8-10-17(11-9-16)20(24)22-13-28(26,27)12-18(22)19(23)21-25/h4-11,18,25H,2-3,12-13H2,1H3,(H,21,23)/t18-/m0/s1. The topological polar surface area (TPSA) is 104 Å². The Hall–Kier alpha value is -2.71. The van der Waals surface area contributed by atoms with Gasteiger partial charge in [0.1, 0.15) is 11.9 Å². The monoisotopic (exact) mass is 402 g/mol. The van der Waals surface area contributed by atoms with E-state index >= 15 is 0 Å². The third-order valence-electron chi connectivity index (χ3n) is 4.76. The van der Waals surface area contributed by atoms with Gasteiger partial charge in [-0.15, -0.1) is 0 Å². The summed E-state index contributed by atoms with van der Waals surface area (Å²) in [7, 11) is -3.58. The van der Waals surface area contributed by atoms with E-state index in [1.54, 1.807) is 24.3 Å². The van der Waals surface area contributed by atoms with Crippen LogP contribution in [0.5, 0.6) is 0 Å². The summed E-state index contributed by atoms with van der Waals surface area (Å²) in [5, 5.41) is 8.82. The Bertz CT molecular complexity index is 969. The molecule has 148 valence electrons. The van der Waals surface area contributed by atoms with Gasteiger partial charge in [0, 0.05) is 5.56 Å². The molecule has 0 radical (unpaired) electrons. The minimum atomic E-state index is -3.58. The third-order valence-corrected chi connectivity index (χ3v) is 6.25. The fraction of sp³-hybridized carbons (Fsp3) is 0.300. The number of carbonyl (C=O) groups is 2. The number of amides is 2. The highest BCUT2D eigenvalue weighted by atomic mass is 32.2. The molecule has 2 amide bonds. The van der Waals surface area contributed by atoms with E-state index in [4.69, 9.17) is 5.21 Å². The van der Waals surface area contributed by atoms with Gasteiger partial charge in [-0.3, -0.25) is 14.8 Å². The predicted octanol–water partition coefficient (Wildman–Crippen LogP) is 2.01. The van der Waals surface area contributed by atoms with Crippen LogP contribution in [0.2, 0.25) is 0 Å². The zero-order valence-electron chi connectivity index (χ0n) is 15.5.